The number of nitrogens with zero attached hydrogens (tertiary/aromatic N) is 1. The number of likely N-dealkylation sites (N-methyl/N-ethyl adjacent to an activating group) is 1. The summed E-state index contributed by atoms with van der Waals surface area (Å²) >= 11 is 0. The lowest BCUT2D eigenvalue weighted by Crippen LogP contribution is -2.40. The van der Waals surface area contributed by atoms with E-state index in [1.54, 1.807) is 17.0 Å². The second kappa shape index (κ2) is 6.63. The Kier molecular flexibility index (Phi) is 5.17. The summed E-state index contributed by atoms with van der Waals surface area (Å²) in [6.07, 6.45) is 0. The van der Waals surface area contributed by atoms with Crippen LogP contribution >= 0.6 is 0 Å². The van der Waals surface area contributed by atoms with Crippen LogP contribution in [0.4, 0.5) is 11.4 Å². The molecule has 0 atom stereocenters. The van der Waals surface area contributed by atoms with E-state index in [2.05, 4.69) is 5.32 Å². The Bertz CT molecular complexity index is 470. The maximum atomic E-state index is 11.9. The minimum absolute atomic E-state index is 0.0374. The molecule has 0 aliphatic carbocycles. The largest absolute Gasteiger partial charge is 0.399 e. The van der Waals surface area contributed by atoms with E-state index in [9.17, 15) is 9.59 Å². The third-order valence-electron chi connectivity index (χ3n) is 2.84. The van der Waals surface area contributed by atoms with Gasteiger partial charge in [0.15, 0.2) is 0 Å². The van der Waals surface area contributed by atoms with E-state index in [-0.39, 0.29) is 18.4 Å². The van der Waals surface area contributed by atoms with Crippen LogP contribution in [0.25, 0.3) is 0 Å². The van der Waals surface area contributed by atoms with Gasteiger partial charge in [0.1, 0.15) is 0 Å². The second-order valence-corrected chi connectivity index (χ2v) is 4.10. The van der Waals surface area contributed by atoms with Crippen molar-refractivity contribution in [2.24, 2.45) is 0 Å². The summed E-state index contributed by atoms with van der Waals surface area (Å²) in [6.45, 7) is 4.98. The Morgan fingerprint density at radius 2 is 1.84 bits per heavy atom. The summed E-state index contributed by atoms with van der Waals surface area (Å²) in [5.41, 5.74) is 12.4. The summed E-state index contributed by atoms with van der Waals surface area (Å²) in [5, 5.41) is 2.56. The summed E-state index contributed by atoms with van der Waals surface area (Å²) in [7, 11) is 0. The number of hydrogen-bond acceptors (Lipinski definition) is 4. The van der Waals surface area contributed by atoms with Crippen molar-refractivity contribution in [2.45, 2.75) is 13.8 Å². The second-order valence-electron chi connectivity index (χ2n) is 4.10. The van der Waals surface area contributed by atoms with Crippen molar-refractivity contribution in [3.63, 3.8) is 0 Å². The van der Waals surface area contributed by atoms with Gasteiger partial charge in [-0.3, -0.25) is 9.59 Å². The molecule has 19 heavy (non-hydrogen) atoms. The van der Waals surface area contributed by atoms with E-state index in [0.29, 0.717) is 30.0 Å². The average Bonchev–Trinajstić information content (AvgIpc) is 2.37. The van der Waals surface area contributed by atoms with Crippen LogP contribution in [0.1, 0.15) is 24.2 Å². The third kappa shape index (κ3) is 3.87. The number of anilines is 2. The maximum absolute atomic E-state index is 11.9. The molecule has 5 N–H and O–H groups in total. The summed E-state index contributed by atoms with van der Waals surface area (Å²) < 4.78 is 0. The van der Waals surface area contributed by atoms with Crippen LogP contribution < -0.4 is 16.8 Å². The molecular weight excluding hydrogens is 244 g/mol. The molecule has 0 spiro atoms. The molecule has 0 saturated carbocycles. The zero-order chi connectivity index (χ0) is 14.4. The molecule has 0 aromatic heterocycles. The highest BCUT2D eigenvalue weighted by Gasteiger charge is 2.13. The molecule has 0 fully saturated rings. The number of carbonyl (C=O) groups is 2. The summed E-state index contributed by atoms with van der Waals surface area (Å²) in [6, 6.07) is 4.65. The van der Waals surface area contributed by atoms with Crippen LogP contribution in [0.2, 0.25) is 0 Å². The SMILES string of the molecule is CCN(CC)C(=O)CNC(=O)c1ccc(N)cc1N. The highest BCUT2D eigenvalue weighted by atomic mass is 16.2. The van der Waals surface area contributed by atoms with Gasteiger partial charge in [-0.05, 0) is 32.0 Å². The van der Waals surface area contributed by atoms with Crippen molar-refractivity contribution in [3.8, 4) is 0 Å². The Balaban J connectivity index is 2.63. The zero-order valence-corrected chi connectivity index (χ0v) is 11.3. The van der Waals surface area contributed by atoms with Gasteiger partial charge in [-0.25, -0.2) is 0 Å². The molecule has 6 nitrogen and oxygen atoms in total. The van der Waals surface area contributed by atoms with E-state index in [1.807, 2.05) is 13.8 Å². The van der Waals surface area contributed by atoms with E-state index in [0.717, 1.165) is 0 Å². The first-order chi connectivity index (χ1) is 8.99. The molecule has 1 aromatic rings. The molecule has 0 bridgehead atoms. The van der Waals surface area contributed by atoms with E-state index >= 15 is 0 Å². The number of nitrogen functional groups attached to an aromatic ring is 2. The molecule has 0 unspecified atom stereocenters. The predicted octanol–water partition coefficient (Wildman–Crippen LogP) is 0.449. The van der Waals surface area contributed by atoms with Crippen LogP contribution in [0.5, 0.6) is 0 Å². The highest BCUT2D eigenvalue weighted by molar-refractivity contribution is 6.01. The van der Waals surface area contributed by atoms with Gasteiger partial charge in [0.2, 0.25) is 5.91 Å². The first-order valence-corrected chi connectivity index (χ1v) is 6.20. The molecule has 0 saturated heterocycles. The van der Waals surface area contributed by atoms with E-state index < -0.39 is 0 Å². The Hall–Kier alpha value is -2.24. The van der Waals surface area contributed by atoms with Crippen molar-refractivity contribution in [2.75, 3.05) is 31.1 Å². The average molecular weight is 264 g/mol. The molecule has 2 amide bonds. The number of rotatable bonds is 5. The molecule has 0 aliphatic heterocycles. The summed E-state index contributed by atoms with van der Waals surface area (Å²) in [4.78, 5) is 25.3. The number of carbonyl (C=O) groups excluding carboxylic acids is 2. The number of nitrogens with one attached hydrogen (secondary N) is 1. The minimum Gasteiger partial charge on any atom is -0.399 e. The van der Waals surface area contributed by atoms with Crippen molar-refractivity contribution in [1.29, 1.82) is 0 Å². The van der Waals surface area contributed by atoms with E-state index in [1.165, 1.54) is 6.07 Å². The Morgan fingerprint density at radius 1 is 1.21 bits per heavy atom. The molecule has 0 aliphatic rings. The van der Waals surface area contributed by atoms with Gasteiger partial charge in [-0.15, -0.1) is 0 Å². The first kappa shape index (κ1) is 14.8. The van der Waals surface area contributed by atoms with Gasteiger partial charge in [-0.1, -0.05) is 0 Å². The van der Waals surface area contributed by atoms with Crippen LogP contribution in [0, 0.1) is 0 Å². The van der Waals surface area contributed by atoms with E-state index in [4.69, 9.17) is 11.5 Å². The molecule has 104 valence electrons. The molecule has 0 heterocycles. The summed E-state index contributed by atoms with van der Waals surface area (Å²) in [5.74, 6) is -0.495. The lowest BCUT2D eigenvalue weighted by molar-refractivity contribution is -0.129. The topological polar surface area (TPSA) is 101 Å². The van der Waals surface area contributed by atoms with Gasteiger partial charge in [-0.2, -0.15) is 0 Å². The normalized spacial score (nSPS) is 10.0. The third-order valence-corrected chi connectivity index (χ3v) is 2.84. The minimum atomic E-state index is -0.377. The smallest absolute Gasteiger partial charge is 0.253 e. The standard InChI is InChI=1S/C13H20N4O2/c1-3-17(4-2)12(18)8-16-13(19)10-6-5-9(14)7-11(10)15/h5-7H,3-4,8,14-15H2,1-2H3,(H,16,19). The lowest BCUT2D eigenvalue weighted by atomic mass is 10.1. The van der Waals surface area contributed by atoms with Crippen LogP contribution in [0.15, 0.2) is 18.2 Å². The fourth-order valence-electron chi connectivity index (χ4n) is 1.73. The van der Waals surface area contributed by atoms with Gasteiger partial charge < -0.3 is 21.7 Å². The molecule has 0 radical (unpaired) electrons. The quantitative estimate of drug-likeness (QED) is 0.672. The molecule has 1 rings (SSSR count). The van der Waals surface area contributed by atoms with Crippen LogP contribution in [-0.2, 0) is 4.79 Å². The van der Waals surface area contributed by atoms with Gasteiger partial charge in [0, 0.05) is 24.5 Å². The highest BCUT2D eigenvalue weighted by Crippen LogP contribution is 2.15. The van der Waals surface area contributed by atoms with Crippen LogP contribution in [-0.4, -0.2) is 36.3 Å². The fourth-order valence-corrected chi connectivity index (χ4v) is 1.73. The molecule has 6 heteroatoms. The maximum Gasteiger partial charge on any atom is 0.253 e. The van der Waals surface area contributed by atoms with Crippen molar-refractivity contribution < 1.29 is 9.59 Å². The molecule has 1 aromatic carbocycles. The van der Waals surface area contributed by atoms with Crippen LogP contribution in [0.3, 0.4) is 0 Å². The molecular formula is C13H20N4O2. The van der Waals surface area contributed by atoms with Gasteiger partial charge >= 0.3 is 0 Å². The number of nitrogens with two attached hydrogens (primary N) is 2. The Morgan fingerprint density at radius 3 is 2.37 bits per heavy atom. The van der Waals surface area contributed by atoms with Crippen molar-refractivity contribution in [3.05, 3.63) is 23.8 Å². The predicted molar refractivity (Wildman–Crippen MR) is 75.5 cm³/mol. The van der Waals surface area contributed by atoms with Crippen molar-refractivity contribution >= 4 is 23.2 Å². The van der Waals surface area contributed by atoms with Gasteiger partial charge in [0.05, 0.1) is 12.1 Å². The fraction of sp³-hybridized carbons (Fsp3) is 0.385. The lowest BCUT2D eigenvalue weighted by Gasteiger charge is -2.18. The first-order valence-electron chi connectivity index (χ1n) is 6.20. The van der Waals surface area contributed by atoms with Crippen molar-refractivity contribution in [1.82, 2.24) is 10.2 Å². The number of amides is 2. The zero-order valence-electron chi connectivity index (χ0n) is 11.3. The monoisotopic (exact) mass is 264 g/mol. The number of benzene rings is 1. The van der Waals surface area contributed by atoms with Gasteiger partial charge in [0.25, 0.3) is 5.91 Å². The number of hydrogen-bond donors (Lipinski definition) is 3. The Labute approximate surface area is 112 Å².